The fraction of sp³-hybridized carbons (Fsp3) is 0.833. The lowest BCUT2D eigenvalue weighted by Crippen LogP contribution is -2.30. The molecule has 15 heavy (non-hydrogen) atoms. The number of ether oxygens (including phenoxy) is 2. The van der Waals surface area contributed by atoms with Gasteiger partial charge in [0, 0.05) is 6.61 Å². The van der Waals surface area contributed by atoms with Crippen LogP contribution in [0.25, 0.3) is 0 Å². The third-order valence-electron chi connectivity index (χ3n) is 2.68. The highest BCUT2D eigenvalue weighted by Crippen LogP contribution is 2.13. The van der Waals surface area contributed by atoms with Crippen molar-refractivity contribution in [2.75, 3.05) is 39.5 Å². The highest BCUT2D eigenvalue weighted by Gasteiger charge is 2.11. The van der Waals surface area contributed by atoms with Crippen LogP contribution in [0.5, 0.6) is 0 Å². The van der Waals surface area contributed by atoms with E-state index in [2.05, 4.69) is 11.9 Å². The molecular weight excluding hydrogens is 190 g/mol. The van der Waals surface area contributed by atoms with Crippen LogP contribution >= 0.6 is 0 Å². The minimum absolute atomic E-state index is 0.621. The summed E-state index contributed by atoms with van der Waals surface area (Å²) >= 11 is 0. The van der Waals surface area contributed by atoms with Gasteiger partial charge in [-0.2, -0.15) is 0 Å². The van der Waals surface area contributed by atoms with Gasteiger partial charge >= 0.3 is 0 Å². The smallest absolute Gasteiger partial charge is 0.0704 e. The van der Waals surface area contributed by atoms with Crippen LogP contribution in [0.1, 0.15) is 19.3 Å². The molecule has 1 atom stereocenters. The van der Waals surface area contributed by atoms with Gasteiger partial charge in [0.2, 0.25) is 0 Å². The van der Waals surface area contributed by atoms with Crippen molar-refractivity contribution >= 4 is 0 Å². The predicted octanol–water partition coefficient (Wildman–Crippen LogP) is 1.60. The van der Waals surface area contributed by atoms with Gasteiger partial charge in [0.1, 0.15) is 0 Å². The van der Waals surface area contributed by atoms with Crippen LogP contribution in [0.3, 0.4) is 0 Å². The second-order valence-corrected chi connectivity index (χ2v) is 3.98. The molecule has 0 bridgehead atoms. The van der Waals surface area contributed by atoms with Gasteiger partial charge in [0.25, 0.3) is 0 Å². The standard InChI is InChI=1S/C12H23NO2/c1-2-7-14-9-10-15-8-5-12-4-3-6-13-11-12/h2,12-13H,1,3-11H2. The number of piperidine rings is 1. The van der Waals surface area contributed by atoms with Crippen molar-refractivity contribution in [1.82, 2.24) is 5.32 Å². The highest BCUT2D eigenvalue weighted by atomic mass is 16.5. The van der Waals surface area contributed by atoms with Gasteiger partial charge < -0.3 is 14.8 Å². The summed E-state index contributed by atoms with van der Waals surface area (Å²) in [6.45, 7) is 8.80. The third-order valence-corrected chi connectivity index (χ3v) is 2.68. The van der Waals surface area contributed by atoms with Crippen molar-refractivity contribution in [2.24, 2.45) is 5.92 Å². The quantitative estimate of drug-likeness (QED) is 0.490. The summed E-state index contributed by atoms with van der Waals surface area (Å²) in [4.78, 5) is 0. The van der Waals surface area contributed by atoms with Gasteiger partial charge in [0.05, 0.1) is 19.8 Å². The molecule has 1 saturated heterocycles. The molecule has 0 radical (unpaired) electrons. The van der Waals surface area contributed by atoms with E-state index >= 15 is 0 Å². The second-order valence-electron chi connectivity index (χ2n) is 3.98. The van der Waals surface area contributed by atoms with Crippen molar-refractivity contribution in [3.63, 3.8) is 0 Å². The Balaban J connectivity index is 1.81. The molecule has 1 rings (SSSR count). The van der Waals surface area contributed by atoms with E-state index in [0.717, 1.165) is 19.1 Å². The molecule has 1 aliphatic heterocycles. The Labute approximate surface area is 92.8 Å². The normalized spacial score (nSPS) is 21.5. The summed E-state index contributed by atoms with van der Waals surface area (Å²) in [5, 5.41) is 3.41. The van der Waals surface area contributed by atoms with Gasteiger partial charge in [-0.05, 0) is 38.3 Å². The Morgan fingerprint density at radius 3 is 2.87 bits per heavy atom. The second kappa shape index (κ2) is 8.89. The average Bonchev–Trinajstić information content (AvgIpc) is 2.29. The predicted molar refractivity (Wildman–Crippen MR) is 62.0 cm³/mol. The largest absolute Gasteiger partial charge is 0.379 e. The fourth-order valence-corrected chi connectivity index (χ4v) is 1.81. The first kappa shape index (κ1) is 12.7. The van der Waals surface area contributed by atoms with Gasteiger partial charge in [-0.15, -0.1) is 6.58 Å². The summed E-state index contributed by atoms with van der Waals surface area (Å²) in [5.41, 5.74) is 0. The summed E-state index contributed by atoms with van der Waals surface area (Å²) in [6.07, 6.45) is 5.60. The zero-order valence-corrected chi connectivity index (χ0v) is 9.54. The number of hydrogen-bond donors (Lipinski definition) is 1. The SMILES string of the molecule is C=CCOCCOCCC1CCCNC1. The van der Waals surface area contributed by atoms with Crippen LogP contribution in [0.4, 0.5) is 0 Å². The van der Waals surface area contributed by atoms with Crippen LogP contribution in [0, 0.1) is 5.92 Å². The first-order valence-corrected chi connectivity index (χ1v) is 5.90. The lowest BCUT2D eigenvalue weighted by Gasteiger charge is -2.22. The Morgan fingerprint density at radius 1 is 1.27 bits per heavy atom. The molecule has 0 aromatic rings. The summed E-state index contributed by atoms with van der Waals surface area (Å²) in [7, 11) is 0. The molecule has 88 valence electrons. The van der Waals surface area contributed by atoms with Crippen molar-refractivity contribution in [3.05, 3.63) is 12.7 Å². The summed E-state index contributed by atoms with van der Waals surface area (Å²) in [5.74, 6) is 0.813. The molecule has 1 fully saturated rings. The van der Waals surface area contributed by atoms with Crippen LogP contribution < -0.4 is 5.32 Å². The zero-order chi connectivity index (χ0) is 10.8. The molecule has 3 heteroatoms. The van der Waals surface area contributed by atoms with Crippen LogP contribution in [0.2, 0.25) is 0 Å². The molecule has 0 amide bonds. The van der Waals surface area contributed by atoms with E-state index in [1.54, 1.807) is 6.08 Å². The third kappa shape index (κ3) is 6.66. The number of hydrogen-bond acceptors (Lipinski definition) is 3. The Hall–Kier alpha value is -0.380. The fourth-order valence-electron chi connectivity index (χ4n) is 1.81. The van der Waals surface area contributed by atoms with Crippen LogP contribution in [-0.4, -0.2) is 39.5 Å². The molecule has 0 aliphatic carbocycles. The maximum absolute atomic E-state index is 5.50. The monoisotopic (exact) mass is 213 g/mol. The maximum atomic E-state index is 5.50. The van der Waals surface area contributed by atoms with E-state index in [0.29, 0.717) is 19.8 Å². The zero-order valence-electron chi connectivity index (χ0n) is 9.54. The summed E-state index contributed by atoms with van der Waals surface area (Å²) < 4.78 is 10.7. The van der Waals surface area contributed by atoms with Gasteiger partial charge in [-0.3, -0.25) is 0 Å². The first-order valence-electron chi connectivity index (χ1n) is 5.90. The Bertz CT molecular complexity index is 156. The molecular formula is C12H23NO2. The molecule has 1 aliphatic rings. The van der Waals surface area contributed by atoms with Gasteiger partial charge in [-0.1, -0.05) is 6.08 Å². The molecule has 0 spiro atoms. The van der Waals surface area contributed by atoms with E-state index in [1.807, 2.05) is 0 Å². The highest BCUT2D eigenvalue weighted by molar-refractivity contribution is 4.68. The van der Waals surface area contributed by atoms with Crippen LogP contribution in [0.15, 0.2) is 12.7 Å². The lowest BCUT2D eigenvalue weighted by molar-refractivity contribution is 0.0513. The first-order chi connectivity index (χ1) is 7.43. The molecule has 0 saturated carbocycles. The number of rotatable bonds is 8. The van der Waals surface area contributed by atoms with Crippen molar-refractivity contribution < 1.29 is 9.47 Å². The maximum Gasteiger partial charge on any atom is 0.0704 e. The molecule has 1 N–H and O–H groups in total. The summed E-state index contributed by atoms with van der Waals surface area (Å²) in [6, 6.07) is 0. The van der Waals surface area contributed by atoms with Crippen molar-refractivity contribution in [1.29, 1.82) is 0 Å². The number of nitrogens with one attached hydrogen (secondary N) is 1. The van der Waals surface area contributed by atoms with E-state index in [1.165, 1.54) is 25.8 Å². The van der Waals surface area contributed by atoms with Crippen LogP contribution in [-0.2, 0) is 9.47 Å². The van der Waals surface area contributed by atoms with E-state index in [9.17, 15) is 0 Å². The molecule has 1 unspecified atom stereocenters. The lowest BCUT2D eigenvalue weighted by atomic mass is 9.97. The van der Waals surface area contributed by atoms with E-state index in [4.69, 9.17) is 9.47 Å². The van der Waals surface area contributed by atoms with Gasteiger partial charge in [-0.25, -0.2) is 0 Å². The van der Waals surface area contributed by atoms with Gasteiger partial charge in [0.15, 0.2) is 0 Å². The van der Waals surface area contributed by atoms with Crippen molar-refractivity contribution in [3.8, 4) is 0 Å². The van der Waals surface area contributed by atoms with E-state index < -0.39 is 0 Å². The van der Waals surface area contributed by atoms with E-state index in [-0.39, 0.29) is 0 Å². The minimum atomic E-state index is 0.621. The average molecular weight is 213 g/mol. The van der Waals surface area contributed by atoms with Crippen molar-refractivity contribution in [2.45, 2.75) is 19.3 Å². The minimum Gasteiger partial charge on any atom is -0.379 e. The Kier molecular flexibility index (Phi) is 7.52. The topological polar surface area (TPSA) is 30.5 Å². The Morgan fingerprint density at radius 2 is 2.13 bits per heavy atom. The molecule has 1 heterocycles. The molecule has 0 aromatic heterocycles. The molecule has 3 nitrogen and oxygen atoms in total. The molecule has 0 aromatic carbocycles.